The zero-order chi connectivity index (χ0) is 9.23. The topological polar surface area (TPSA) is 63.3 Å². The van der Waals surface area contributed by atoms with E-state index in [1.165, 1.54) is 0 Å². The van der Waals surface area contributed by atoms with Gasteiger partial charge in [0.2, 0.25) is 0 Å². The first kappa shape index (κ1) is 9.80. The molecular weight excluding hydrogens is 163 g/mol. The number of carboxylic acids is 1. The first-order chi connectivity index (χ1) is 4.76. The molecule has 0 radical (unpaired) electrons. The molecule has 0 saturated carbocycles. The maximum atomic E-state index is 11.7. The van der Waals surface area contributed by atoms with Crippen molar-refractivity contribution in [1.29, 1.82) is 0 Å². The normalized spacial score (nSPS) is 14.2. The molecule has 0 aliphatic carbocycles. The van der Waals surface area contributed by atoms with Crippen molar-refractivity contribution >= 4 is 5.97 Å². The molecule has 0 unspecified atom stereocenters. The van der Waals surface area contributed by atoms with Gasteiger partial charge in [-0.15, -0.1) is 0 Å². The fourth-order valence-corrected chi connectivity index (χ4v) is 0.513. The van der Waals surface area contributed by atoms with Crippen LogP contribution in [-0.4, -0.2) is 17.3 Å². The first-order valence-electron chi connectivity index (χ1n) is 2.53. The van der Waals surface area contributed by atoms with Crippen LogP contribution in [0.3, 0.4) is 0 Å². The zero-order valence-corrected chi connectivity index (χ0v) is 5.57. The molecule has 0 aromatic rings. The summed E-state index contributed by atoms with van der Waals surface area (Å²) < 4.78 is 35.1. The molecule has 0 rings (SSSR count). The summed E-state index contributed by atoms with van der Waals surface area (Å²) in [6.45, 7) is 0.886. The van der Waals surface area contributed by atoms with Gasteiger partial charge >= 0.3 is 12.1 Å². The molecule has 0 aliphatic heterocycles. The number of hydrogen-bond acceptors (Lipinski definition) is 2. The Morgan fingerprint density at radius 2 is 1.82 bits per heavy atom. The highest BCUT2D eigenvalue weighted by atomic mass is 19.4. The molecule has 11 heavy (non-hydrogen) atoms. The average molecular weight is 169 g/mol. The van der Waals surface area contributed by atoms with Gasteiger partial charge in [0.25, 0.3) is 0 Å². The predicted octanol–water partition coefficient (Wildman–Crippen LogP) is 0.866. The van der Waals surface area contributed by atoms with Crippen LogP contribution < -0.4 is 5.73 Å². The Balaban J connectivity index is 4.96. The van der Waals surface area contributed by atoms with E-state index in [1.54, 1.807) is 0 Å². The van der Waals surface area contributed by atoms with Gasteiger partial charge in [-0.05, 0) is 6.92 Å². The fraction of sp³-hybridized carbons (Fsp3) is 0.400. The third kappa shape index (κ3) is 2.48. The second kappa shape index (κ2) is 2.81. The standard InChI is InChI=1S/C5H6F3NO2/c1-2(9)3(4(10)11)5(6,7)8/h9H2,1H3,(H,10,11)/b3-2+. The number of halogens is 3. The molecule has 0 aromatic carbocycles. The van der Waals surface area contributed by atoms with E-state index in [0.29, 0.717) is 0 Å². The van der Waals surface area contributed by atoms with Gasteiger partial charge in [0, 0.05) is 5.70 Å². The summed E-state index contributed by atoms with van der Waals surface area (Å²) in [4.78, 5) is 9.93. The van der Waals surface area contributed by atoms with Crippen LogP contribution in [0.25, 0.3) is 0 Å². The largest absolute Gasteiger partial charge is 0.478 e. The highest BCUT2D eigenvalue weighted by Crippen LogP contribution is 2.26. The SMILES string of the molecule is C/C(N)=C(/C(=O)O)C(F)(F)F. The summed E-state index contributed by atoms with van der Waals surface area (Å²) in [7, 11) is 0. The van der Waals surface area contributed by atoms with Crippen molar-refractivity contribution in [2.75, 3.05) is 0 Å². The van der Waals surface area contributed by atoms with Crippen molar-refractivity contribution in [3.63, 3.8) is 0 Å². The highest BCUT2D eigenvalue weighted by molar-refractivity contribution is 5.88. The van der Waals surface area contributed by atoms with Crippen molar-refractivity contribution in [2.24, 2.45) is 5.73 Å². The molecule has 3 N–H and O–H groups in total. The maximum Gasteiger partial charge on any atom is 0.425 e. The van der Waals surface area contributed by atoms with Crippen molar-refractivity contribution in [3.8, 4) is 0 Å². The second-order valence-corrected chi connectivity index (χ2v) is 1.86. The quantitative estimate of drug-likeness (QED) is 0.572. The van der Waals surface area contributed by atoms with E-state index in [1.807, 2.05) is 0 Å². The van der Waals surface area contributed by atoms with E-state index < -0.39 is 23.4 Å². The van der Waals surface area contributed by atoms with Gasteiger partial charge in [0.05, 0.1) is 0 Å². The van der Waals surface area contributed by atoms with Gasteiger partial charge in [-0.2, -0.15) is 13.2 Å². The Labute approximate surface area is 60.3 Å². The van der Waals surface area contributed by atoms with Crippen LogP contribution >= 0.6 is 0 Å². The van der Waals surface area contributed by atoms with Crippen molar-refractivity contribution < 1.29 is 23.1 Å². The van der Waals surface area contributed by atoms with Crippen LogP contribution in [-0.2, 0) is 4.79 Å². The molecule has 64 valence electrons. The summed E-state index contributed by atoms with van der Waals surface area (Å²) in [6, 6.07) is 0. The highest BCUT2D eigenvalue weighted by Gasteiger charge is 2.40. The molecule has 3 nitrogen and oxygen atoms in total. The van der Waals surface area contributed by atoms with Crippen molar-refractivity contribution in [3.05, 3.63) is 11.3 Å². The Hall–Kier alpha value is -1.20. The number of carbonyl (C=O) groups is 1. The van der Waals surface area contributed by atoms with Gasteiger partial charge in [0.1, 0.15) is 0 Å². The summed E-state index contributed by atoms with van der Waals surface area (Å²) in [6.07, 6.45) is -4.88. The molecule has 0 saturated heterocycles. The van der Waals surface area contributed by atoms with E-state index in [4.69, 9.17) is 10.8 Å². The number of allylic oxidation sites excluding steroid dienone is 1. The Bertz CT molecular complexity index is 202. The average Bonchev–Trinajstić information content (AvgIpc) is 1.54. The van der Waals surface area contributed by atoms with Crippen LogP contribution in [0, 0.1) is 0 Å². The van der Waals surface area contributed by atoms with Gasteiger partial charge in [-0.1, -0.05) is 0 Å². The van der Waals surface area contributed by atoms with E-state index >= 15 is 0 Å². The number of alkyl halides is 3. The number of aliphatic carboxylic acids is 1. The minimum absolute atomic E-state index is 0.745. The number of hydrogen-bond donors (Lipinski definition) is 2. The van der Waals surface area contributed by atoms with Crippen LogP contribution in [0.2, 0.25) is 0 Å². The van der Waals surface area contributed by atoms with Crippen LogP contribution in [0.1, 0.15) is 6.92 Å². The molecule has 6 heteroatoms. The lowest BCUT2D eigenvalue weighted by molar-refractivity contribution is -0.145. The lowest BCUT2D eigenvalue weighted by Crippen LogP contribution is -2.23. The monoisotopic (exact) mass is 169 g/mol. The fourth-order valence-electron chi connectivity index (χ4n) is 0.513. The van der Waals surface area contributed by atoms with Crippen LogP contribution in [0.4, 0.5) is 13.2 Å². The number of nitrogens with two attached hydrogens (primary N) is 1. The van der Waals surface area contributed by atoms with Gasteiger partial charge in [0.15, 0.2) is 5.57 Å². The maximum absolute atomic E-state index is 11.7. The summed E-state index contributed by atoms with van der Waals surface area (Å²) in [5.41, 5.74) is 2.25. The first-order valence-corrected chi connectivity index (χ1v) is 2.53. The predicted molar refractivity (Wildman–Crippen MR) is 30.6 cm³/mol. The summed E-state index contributed by atoms with van der Waals surface area (Å²) in [5.74, 6) is -2.06. The molecule has 0 bridgehead atoms. The second-order valence-electron chi connectivity index (χ2n) is 1.86. The van der Waals surface area contributed by atoms with Gasteiger partial charge < -0.3 is 10.8 Å². The van der Waals surface area contributed by atoms with E-state index in [2.05, 4.69) is 0 Å². The molecule has 0 spiro atoms. The van der Waals surface area contributed by atoms with Crippen LogP contribution in [0.15, 0.2) is 11.3 Å². The molecular formula is C5H6F3NO2. The minimum Gasteiger partial charge on any atom is -0.478 e. The minimum atomic E-state index is -4.88. The van der Waals surface area contributed by atoms with Gasteiger partial charge in [-0.25, -0.2) is 4.79 Å². The molecule has 0 heterocycles. The third-order valence-electron chi connectivity index (χ3n) is 0.892. The van der Waals surface area contributed by atoms with Crippen molar-refractivity contribution in [1.82, 2.24) is 0 Å². The van der Waals surface area contributed by atoms with Gasteiger partial charge in [-0.3, -0.25) is 0 Å². The molecule has 0 amide bonds. The molecule has 0 fully saturated rings. The van der Waals surface area contributed by atoms with Crippen LogP contribution in [0.5, 0.6) is 0 Å². The lowest BCUT2D eigenvalue weighted by atomic mass is 10.2. The molecule has 0 aromatic heterocycles. The van der Waals surface area contributed by atoms with E-state index in [0.717, 1.165) is 6.92 Å². The summed E-state index contributed by atoms with van der Waals surface area (Å²) in [5, 5.41) is 8.02. The van der Waals surface area contributed by atoms with E-state index in [-0.39, 0.29) is 0 Å². The Morgan fingerprint density at radius 1 is 1.45 bits per heavy atom. The number of carboxylic acid groups (broad SMARTS) is 1. The Kier molecular flexibility index (Phi) is 2.50. The lowest BCUT2D eigenvalue weighted by Gasteiger charge is -2.07. The molecule has 0 atom stereocenters. The summed E-state index contributed by atoms with van der Waals surface area (Å²) >= 11 is 0. The third-order valence-corrected chi connectivity index (χ3v) is 0.892. The number of rotatable bonds is 1. The van der Waals surface area contributed by atoms with E-state index in [9.17, 15) is 18.0 Å². The molecule has 0 aliphatic rings. The zero-order valence-electron chi connectivity index (χ0n) is 5.57. The Morgan fingerprint density at radius 3 is 1.82 bits per heavy atom. The van der Waals surface area contributed by atoms with Crippen molar-refractivity contribution in [2.45, 2.75) is 13.1 Å². The smallest absolute Gasteiger partial charge is 0.425 e.